The van der Waals surface area contributed by atoms with Gasteiger partial charge in [-0.15, -0.1) is 0 Å². The van der Waals surface area contributed by atoms with E-state index in [2.05, 4.69) is 4.74 Å². The second kappa shape index (κ2) is 7.53. The van der Waals surface area contributed by atoms with E-state index in [1.807, 2.05) is 36.4 Å². The molecule has 0 aliphatic carbocycles. The second-order valence-corrected chi connectivity index (χ2v) is 6.58. The van der Waals surface area contributed by atoms with Crippen molar-refractivity contribution in [3.8, 4) is 6.07 Å². The maximum absolute atomic E-state index is 13.2. The van der Waals surface area contributed by atoms with Crippen LogP contribution in [0.2, 0.25) is 0 Å². The smallest absolute Gasteiger partial charge is 0.328 e. The van der Waals surface area contributed by atoms with Gasteiger partial charge in [0, 0.05) is 6.54 Å². The van der Waals surface area contributed by atoms with E-state index in [1.54, 1.807) is 31.2 Å². The number of nitriles is 1. The van der Waals surface area contributed by atoms with Crippen LogP contribution in [0.3, 0.4) is 0 Å². The molecule has 0 saturated carbocycles. The molecule has 0 N–H and O–H groups in total. The number of carbonyl (C=O) groups excluding carboxylic acids is 3. The third-order valence-electron chi connectivity index (χ3n) is 4.94. The van der Waals surface area contributed by atoms with Crippen LogP contribution in [0.4, 0.5) is 4.79 Å². The van der Waals surface area contributed by atoms with Gasteiger partial charge < -0.3 is 9.64 Å². The molecule has 1 aliphatic heterocycles. The Kier molecular flexibility index (Phi) is 5.14. The largest absolute Gasteiger partial charge is 0.468 e. The fraction of sp³-hybridized carbons (Fsp3) is 0.238. The number of rotatable bonds is 5. The monoisotopic (exact) mass is 377 g/mol. The summed E-state index contributed by atoms with van der Waals surface area (Å²) in [5.41, 5.74) is 0.552. The van der Waals surface area contributed by atoms with Crippen LogP contribution >= 0.6 is 0 Å². The Morgan fingerprint density at radius 1 is 1.11 bits per heavy atom. The van der Waals surface area contributed by atoms with Crippen LogP contribution in [-0.2, 0) is 26.4 Å². The van der Waals surface area contributed by atoms with E-state index < -0.39 is 30.0 Å². The quantitative estimate of drug-likeness (QED) is 0.589. The Labute approximate surface area is 162 Å². The molecule has 1 fully saturated rings. The van der Waals surface area contributed by atoms with Gasteiger partial charge in [0.15, 0.2) is 0 Å². The van der Waals surface area contributed by atoms with E-state index in [-0.39, 0.29) is 6.54 Å². The molecule has 1 atom stereocenters. The third-order valence-corrected chi connectivity index (χ3v) is 4.94. The van der Waals surface area contributed by atoms with Crippen LogP contribution in [0.25, 0.3) is 0 Å². The number of carbonyl (C=O) groups is 3. The van der Waals surface area contributed by atoms with Gasteiger partial charge in [-0.3, -0.25) is 14.5 Å². The van der Waals surface area contributed by atoms with E-state index in [0.29, 0.717) is 11.1 Å². The van der Waals surface area contributed by atoms with E-state index in [0.717, 1.165) is 10.5 Å². The number of ether oxygens (including phenoxy) is 1. The fourth-order valence-electron chi connectivity index (χ4n) is 3.28. The summed E-state index contributed by atoms with van der Waals surface area (Å²) in [6.07, 6.45) is 0. The number of hydrogen-bond acceptors (Lipinski definition) is 5. The lowest BCUT2D eigenvalue weighted by molar-refractivity contribution is -0.145. The highest BCUT2D eigenvalue weighted by Crippen LogP contribution is 2.38. The molecule has 0 spiro atoms. The molecule has 28 heavy (non-hydrogen) atoms. The van der Waals surface area contributed by atoms with Gasteiger partial charge in [-0.05, 0) is 30.2 Å². The highest BCUT2D eigenvalue weighted by molar-refractivity contribution is 6.08. The minimum Gasteiger partial charge on any atom is -0.468 e. The molecule has 2 aromatic rings. The van der Waals surface area contributed by atoms with Crippen molar-refractivity contribution in [2.45, 2.75) is 19.0 Å². The zero-order valence-electron chi connectivity index (χ0n) is 15.6. The second-order valence-electron chi connectivity index (χ2n) is 6.58. The number of imide groups is 1. The lowest BCUT2D eigenvalue weighted by atomic mass is 9.89. The predicted octanol–water partition coefficient (Wildman–Crippen LogP) is 2.41. The van der Waals surface area contributed by atoms with E-state index in [9.17, 15) is 14.4 Å². The first-order valence-electron chi connectivity index (χ1n) is 8.66. The molecule has 0 radical (unpaired) electrons. The maximum Gasteiger partial charge on any atom is 0.328 e. The summed E-state index contributed by atoms with van der Waals surface area (Å²) in [6.45, 7) is 1.39. The van der Waals surface area contributed by atoms with Crippen LogP contribution in [0.5, 0.6) is 0 Å². The summed E-state index contributed by atoms with van der Waals surface area (Å²) >= 11 is 0. The van der Waals surface area contributed by atoms with Crippen LogP contribution in [0, 0.1) is 11.3 Å². The Hall–Kier alpha value is -3.66. The average Bonchev–Trinajstić information content (AvgIpc) is 2.91. The van der Waals surface area contributed by atoms with E-state index in [1.165, 1.54) is 12.0 Å². The van der Waals surface area contributed by atoms with Gasteiger partial charge in [-0.2, -0.15) is 5.26 Å². The lowest BCUT2D eigenvalue weighted by Crippen LogP contribution is -2.44. The molecule has 0 bridgehead atoms. The number of methoxy groups -OCH3 is 1. The number of nitrogens with zero attached hydrogens (tertiary/aromatic N) is 3. The summed E-state index contributed by atoms with van der Waals surface area (Å²) in [7, 11) is 1.20. The van der Waals surface area contributed by atoms with Gasteiger partial charge in [0.05, 0.1) is 18.7 Å². The Bertz CT molecular complexity index is 950. The molecule has 2 aromatic carbocycles. The van der Waals surface area contributed by atoms with Gasteiger partial charge in [0.25, 0.3) is 5.91 Å². The average molecular weight is 377 g/mol. The zero-order chi connectivity index (χ0) is 20.3. The molecule has 3 amide bonds. The third kappa shape index (κ3) is 3.21. The molecule has 7 heteroatoms. The van der Waals surface area contributed by atoms with E-state index in [4.69, 9.17) is 5.26 Å². The van der Waals surface area contributed by atoms with Crippen molar-refractivity contribution < 1.29 is 19.1 Å². The SMILES string of the molecule is COC(=O)CN1C(=O)N(Cc2ccccc2)C(C)(c2ccc(C#N)cc2)C1=O. The fourth-order valence-corrected chi connectivity index (χ4v) is 3.28. The molecular formula is C21H19N3O4. The van der Waals surface area contributed by atoms with Crippen LogP contribution in [-0.4, -0.2) is 41.4 Å². The maximum atomic E-state index is 13.2. The first-order chi connectivity index (χ1) is 13.4. The van der Waals surface area contributed by atoms with Crippen molar-refractivity contribution in [3.05, 3.63) is 71.3 Å². The Balaban J connectivity index is 2.05. The van der Waals surface area contributed by atoms with Gasteiger partial charge >= 0.3 is 12.0 Å². The molecule has 3 rings (SSSR count). The van der Waals surface area contributed by atoms with Gasteiger partial charge in [0.1, 0.15) is 12.1 Å². The lowest BCUT2D eigenvalue weighted by Gasteiger charge is -2.32. The molecule has 0 aromatic heterocycles. The standard InChI is InChI=1S/C21H19N3O4/c1-21(17-10-8-15(12-22)9-11-17)19(26)23(14-18(25)28-2)20(27)24(21)13-16-6-4-3-5-7-16/h3-11H,13-14H2,1-2H3. The summed E-state index contributed by atoms with van der Waals surface area (Å²) in [5, 5.41) is 9.03. The van der Waals surface area contributed by atoms with Crippen molar-refractivity contribution in [2.75, 3.05) is 13.7 Å². The Morgan fingerprint density at radius 2 is 1.75 bits per heavy atom. The number of esters is 1. The summed E-state index contributed by atoms with van der Waals surface area (Å²) in [4.78, 5) is 40.4. The van der Waals surface area contributed by atoms with Crippen LogP contribution in [0.1, 0.15) is 23.6 Å². The highest BCUT2D eigenvalue weighted by atomic mass is 16.5. The van der Waals surface area contributed by atoms with Crippen molar-refractivity contribution >= 4 is 17.9 Å². The molecule has 142 valence electrons. The highest BCUT2D eigenvalue weighted by Gasteiger charge is 2.55. The minimum absolute atomic E-state index is 0.194. The molecule has 1 heterocycles. The van der Waals surface area contributed by atoms with Gasteiger partial charge in [-0.25, -0.2) is 4.79 Å². The number of benzene rings is 2. The molecule has 1 unspecified atom stereocenters. The number of hydrogen-bond donors (Lipinski definition) is 0. The number of urea groups is 1. The van der Waals surface area contributed by atoms with Gasteiger partial charge in [0.2, 0.25) is 0 Å². The Morgan fingerprint density at radius 3 is 2.32 bits per heavy atom. The summed E-state index contributed by atoms with van der Waals surface area (Å²) in [5.74, 6) is -1.19. The first-order valence-corrected chi connectivity index (χ1v) is 8.66. The predicted molar refractivity (Wildman–Crippen MR) is 99.6 cm³/mol. The van der Waals surface area contributed by atoms with Crippen molar-refractivity contribution in [2.24, 2.45) is 0 Å². The number of amides is 3. The summed E-state index contributed by atoms with van der Waals surface area (Å²) in [6, 6.07) is 17.3. The van der Waals surface area contributed by atoms with Crippen molar-refractivity contribution in [1.82, 2.24) is 9.80 Å². The van der Waals surface area contributed by atoms with Crippen LogP contribution in [0.15, 0.2) is 54.6 Å². The first kappa shape index (κ1) is 19.1. The molecule has 1 aliphatic rings. The van der Waals surface area contributed by atoms with Crippen molar-refractivity contribution in [1.29, 1.82) is 5.26 Å². The molecule has 7 nitrogen and oxygen atoms in total. The van der Waals surface area contributed by atoms with Gasteiger partial charge in [-0.1, -0.05) is 42.5 Å². The molecular weight excluding hydrogens is 358 g/mol. The van der Waals surface area contributed by atoms with E-state index >= 15 is 0 Å². The summed E-state index contributed by atoms with van der Waals surface area (Å²) < 4.78 is 4.63. The normalized spacial score (nSPS) is 18.9. The molecule has 1 saturated heterocycles. The minimum atomic E-state index is -1.31. The van der Waals surface area contributed by atoms with Crippen molar-refractivity contribution in [3.63, 3.8) is 0 Å². The topological polar surface area (TPSA) is 90.7 Å². The van der Waals surface area contributed by atoms with Crippen LogP contribution < -0.4 is 0 Å². The zero-order valence-corrected chi connectivity index (χ0v) is 15.6.